The second kappa shape index (κ2) is 8.85. The van der Waals surface area contributed by atoms with E-state index in [0.29, 0.717) is 5.56 Å². The summed E-state index contributed by atoms with van der Waals surface area (Å²) in [6.07, 6.45) is -4.53. The Hall–Kier alpha value is -1.81. The van der Waals surface area contributed by atoms with Crippen molar-refractivity contribution in [2.75, 3.05) is 19.6 Å². The van der Waals surface area contributed by atoms with Crippen LogP contribution in [0.4, 0.5) is 13.2 Å². The van der Waals surface area contributed by atoms with Gasteiger partial charge in [0, 0.05) is 29.7 Å². The van der Waals surface area contributed by atoms with Crippen molar-refractivity contribution < 1.29 is 26.4 Å². The summed E-state index contributed by atoms with van der Waals surface area (Å²) in [7, 11) is -3.88. The highest BCUT2D eigenvalue weighted by Gasteiger charge is 2.41. The minimum atomic E-state index is -4.44. The fraction of sp³-hybridized carbons (Fsp3) is 0.381. The van der Waals surface area contributed by atoms with Crippen LogP contribution in [0.5, 0.6) is 0 Å². The van der Waals surface area contributed by atoms with Gasteiger partial charge in [-0.2, -0.15) is 17.5 Å². The summed E-state index contributed by atoms with van der Waals surface area (Å²) in [5.74, 6) is -0.294. The van der Waals surface area contributed by atoms with Crippen molar-refractivity contribution in [2.45, 2.75) is 36.9 Å². The SMILES string of the molecule is CC1(C)CN(S(=O)(=O)c2cc(Cl)cc(Cl)c2)CCN1C(=O)Cc1ccc(C(F)(F)F)cc1. The molecule has 2 aromatic carbocycles. The molecule has 1 saturated heterocycles. The molecule has 3 rings (SSSR count). The van der Waals surface area contributed by atoms with E-state index in [1.807, 2.05) is 0 Å². The van der Waals surface area contributed by atoms with E-state index in [9.17, 15) is 26.4 Å². The van der Waals surface area contributed by atoms with Crippen LogP contribution in [0, 0.1) is 0 Å². The summed E-state index contributed by atoms with van der Waals surface area (Å²) in [6.45, 7) is 3.72. The quantitative estimate of drug-likeness (QED) is 0.592. The molecule has 0 radical (unpaired) electrons. The lowest BCUT2D eigenvalue weighted by Crippen LogP contribution is -2.62. The third kappa shape index (κ3) is 5.39. The topological polar surface area (TPSA) is 57.7 Å². The number of halogens is 5. The van der Waals surface area contributed by atoms with E-state index in [1.54, 1.807) is 18.7 Å². The van der Waals surface area contributed by atoms with Crippen LogP contribution in [-0.2, 0) is 27.4 Å². The molecule has 32 heavy (non-hydrogen) atoms. The molecule has 0 atom stereocenters. The van der Waals surface area contributed by atoms with Gasteiger partial charge in [0.25, 0.3) is 0 Å². The fourth-order valence-electron chi connectivity index (χ4n) is 3.69. The largest absolute Gasteiger partial charge is 0.416 e. The van der Waals surface area contributed by atoms with E-state index < -0.39 is 27.3 Å². The molecule has 0 unspecified atom stereocenters. The minimum absolute atomic E-state index is 0.0321. The number of nitrogens with zero attached hydrogens (tertiary/aromatic N) is 2. The molecular weight excluding hydrogens is 488 g/mol. The van der Waals surface area contributed by atoms with Gasteiger partial charge in [0.05, 0.1) is 22.4 Å². The highest BCUT2D eigenvalue weighted by molar-refractivity contribution is 7.89. The lowest BCUT2D eigenvalue weighted by molar-refractivity contribution is -0.138. The second-order valence-electron chi connectivity index (χ2n) is 8.17. The van der Waals surface area contributed by atoms with E-state index >= 15 is 0 Å². The zero-order valence-corrected chi connectivity index (χ0v) is 19.6. The maximum absolute atomic E-state index is 13.1. The Morgan fingerprint density at radius 3 is 2.09 bits per heavy atom. The Morgan fingerprint density at radius 2 is 1.59 bits per heavy atom. The third-order valence-corrected chi connectivity index (χ3v) is 7.54. The minimum Gasteiger partial charge on any atom is -0.335 e. The molecule has 1 amide bonds. The van der Waals surface area contributed by atoms with Gasteiger partial charge in [0.2, 0.25) is 15.9 Å². The van der Waals surface area contributed by atoms with Gasteiger partial charge in [-0.1, -0.05) is 35.3 Å². The lowest BCUT2D eigenvalue weighted by Gasteiger charge is -2.46. The van der Waals surface area contributed by atoms with Gasteiger partial charge in [-0.15, -0.1) is 0 Å². The van der Waals surface area contributed by atoms with Crippen molar-refractivity contribution in [3.63, 3.8) is 0 Å². The molecule has 0 N–H and O–H groups in total. The Labute approximate surface area is 194 Å². The van der Waals surface area contributed by atoms with Crippen molar-refractivity contribution in [1.29, 1.82) is 0 Å². The molecule has 0 saturated carbocycles. The molecule has 2 aromatic rings. The zero-order valence-electron chi connectivity index (χ0n) is 17.3. The van der Waals surface area contributed by atoms with E-state index in [0.717, 1.165) is 12.1 Å². The highest BCUT2D eigenvalue weighted by atomic mass is 35.5. The molecule has 5 nitrogen and oxygen atoms in total. The summed E-state index contributed by atoms with van der Waals surface area (Å²) in [5.41, 5.74) is -1.17. The Morgan fingerprint density at radius 1 is 1.03 bits per heavy atom. The van der Waals surface area contributed by atoms with Crippen molar-refractivity contribution in [1.82, 2.24) is 9.21 Å². The predicted molar refractivity (Wildman–Crippen MR) is 116 cm³/mol. The number of rotatable bonds is 4. The van der Waals surface area contributed by atoms with E-state index in [2.05, 4.69) is 0 Å². The van der Waals surface area contributed by atoms with Gasteiger partial charge in [-0.05, 0) is 49.7 Å². The highest BCUT2D eigenvalue weighted by Crippen LogP contribution is 2.31. The van der Waals surface area contributed by atoms with Crippen molar-refractivity contribution in [3.05, 3.63) is 63.6 Å². The van der Waals surface area contributed by atoms with Crippen molar-refractivity contribution in [2.24, 2.45) is 0 Å². The predicted octanol–water partition coefficient (Wildman–Crippen LogP) is 4.87. The number of sulfonamides is 1. The number of piperazine rings is 1. The first-order valence-electron chi connectivity index (χ1n) is 9.63. The smallest absolute Gasteiger partial charge is 0.335 e. The number of hydrogen-bond donors (Lipinski definition) is 0. The summed E-state index contributed by atoms with van der Waals surface area (Å²) in [5, 5.41) is 0.390. The van der Waals surface area contributed by atoms with E-state index in [1.165, 1.54) is 34.6 Å². The number of alkyl halides is 3. The van der Waals surface area contributed by atoms with Crippen molar-refractivity contribution >= 4 is 39.1 Å². The average molecular weight is 509 g/mol. The lowest BCUT2D eigenvalue weighted by atomic mass is 9.98. The van der Waals surface area contributed by atoms with Crippen LogP contribution >= 0.6 is 23.2 Å². The van der Waals surface area contributed by atoms with Gasteiger partial charge in [0.1, 0.15) is 0 Å². The summed E-state index contributed by atoms with van der Waals surface area (Å²) in [6, 6.07) is 8.50. The maximum atomic E-state index is 13.1. The number of carbonyl (C=O) groups is 1. The zero-order chi connectivity index (χ0) is 23.9. The van der Waals surface area contributed by atoms with E-state index in [-0.39, 0.29) is 46.9 Å². The number of hydrogen-bond acceptors (Lipinski definition) is 3. The van der Waals surface area contributed by atoms with Gasteiger partial charge in [-0.25, -0.2) is 8.42 Å². The summed E-state index contributed by atoms with van der Waals surface area (Å²) >= 11 is 11.9. The number of amides is 1. The molecule has 1 aliphatic rings. The first-order valence-corrected chi connectivity index (χ1v) is 11.8. The van der Waals surface area contributed by atoms with Crippen molar-refractivity contribution in [3.8, 4) is 0 Å². The Bertz CT molecular complexity index is 1100. The van der Waals surface area contributed by atoms with Gasteiger partial charge < -0.3 is 4.90 Å². The molecule has 0 aromatic heterocycles. The first-order chi connectivity index (χ1) is 14.7. The maximum Gasteiger partial charge on any atom is 0.416 e. The molecule has 1 aliphatic heterocycles. The monoisotopic (exact) mass is 508 g/mol. The Balaban J connectivity index is 1.73. The molecule has 0 bridgehead atoms. The van der Waals surface area contributed by atoms with Crippen LogP contribution in [0.25, 0.3) is 0 Å². The van der Waals surface area contributed by atoms with Crippen LogP contribution in [0.1, 0.15) is 25.0 Å². The molecule has 1 heterocycles. The molecule has 0 aliphatic carbocycles. The molecule has 0 spiro atoms. The normalized spacial score (nSPS) is 17.4. The van der Waals surface area contributed by atoms with Crippen LogP contribution < -0.4 is 0 Å². The van der Waals surface area contributed by atoms with Crippen LogP contribution in [0.15, 0.2) is 47.4 Å². The van der Waals surface area contributed by atoms with E-state index in [4.69, 9.17) is 23.2 Å². The second-order valence-corrected chi connectivity index (χ2v) is 11.0. The fourth-order valence-corrected chi connectivity index (χ4v) is 6.00. The average Bonchev–Trinajstić information content (AvgIpc) is 2.66. The molecule has 174 valence electrons. The Kier molecular flexibility index (Phi) is 6.87. The standard InChI is InChI=1S/C21H21Cl2F3N2O3S/c1-20(2)13-27(32(30,31)18-11-16(22)10-17(23)12-18)7-8-28(20)19(29)9-14-3-5-15(6-4-14)21(24,25)26/h3-6,10-12H,7-9,13H2,1-2H3. The molecule has 11 heteroatoms. The number of benzene rings is 2. The van der Waals surface area contributed by atoms with Crippen LogP contribution in [-0.4, -0.2) is 48.7 Å². The van der Waals surface area contributed by atoms with Gasteiger partial charge >= 0.3 is 6.18 Å². The molecule has 1 fully saturated rings. The van der Waals surface area contributed by atoms with Crippen LogP contribution in [0.3, 0.4) is 0 Å². The van der Waals surface area contributed by atoms with Gasteiger partial charge in [0.15, 0.2) is 0 Å². The van der Waals surface area contributed by atoms with Gasteiger partial charge in [-0.3, -0.25) is 4.79 Å². The summed E-state index contributed by atoms with van der Waals surface area (Å²) in [4.78, 5) is 14.4. The number of carbonyl (C=O) groups excluding carboxylic acids is 1. The molecular formula is C21H21Cl2F3N2O3S. The van der Waals surface area contributed by atoms with Crippen LogP contribution in [0.2, 0.25) is 10.0 Å². The third-order valence-electron chi connectivity index (χ3n) is 5.28. The summed E-state index contributed by atoms with van der Waals surface area (Å²) < 4.78 is 65.6. The first kappa shape index (κ1) is 24.8.